The molecule has 0 saturated heterocycles. The van der Waals surface area contributed by atoms with E-state index in [-0.39, 0.29) is 6.61 Å². The maximum absolute atomic E-state index is 11.7. The minimum atomic E-state index is -1.03. The second kappa shape index (κ2) is 14.1. The number of ether oxygens (including phenoxy) is 1. The van der Waals surface area contributed by atoms with Crippen molar-refractivity contribution in [3.63, 3.8) is 0 Å². The number of hydrogen-bond donors (Lipinski definition) is 0. The summed E-state index contributed by atoms with van der Waals surface area (Å²) in [5.74, 6) is -0.747. The van der Waals surface area contributed by atoms with Crippen LogP contribution in [0.4, 0.5) is 4.79 Å². The zero-order valence-electron chi connectivity index (χ0n) is 15.8. The van der Waals surface area contributed by atoms with Crippen molar-refractivity contribution >= 4 is 12.1 Å². The Hall–Kier alpha value is -2.08. The third-order valence-electron chi connectivity index (χ3n) is 4.03. The summed E-state index contributed by atoms with van der Waals surface area (Å²) < 4.78 is 4.83. The van der Waals surface area contributed by atoms with Crippen LogP contribution in [0.3, 0.4) is 0 Å². The van der Waals surface area contributed by atoms with Crippen molar-refractivity contribution < 1.29 is 29.1 Å². The van der Waals surface area contributed by atoms with Crippen LogP contribution >= 0.6 is 0 Å². The van der Waals surface area contributed by atoms with Crippen LogP contribution < -0.4 is 0 Å². The molecule has 0 radical (unpaired) electrons. The Labute approximate surface area is 155 Å². The fourth-order valence-corrected chi connectivity index (χ4v) is 2.42. The first kappa shape index (κ1) is 22.0. The third kappa shape index (κ3) is 10.0. The minimum Gasteiger partial charge on any atom is -0.432 e. The molecule has 1 aromatic rings. The summed E-state index contributed by atoms with van der Waals surface area (Å²) in [7, 11) is 0. The quantitative estimate of drug-likeness (QED) is 0.197. The lowest BCUT2D eigenvalue weighted by molar-refractivity contribution is -0.452. The first-order valence-corrected chi connectivity index (χ1v) is 9.48. The molecule has 0 fully saturated rings. The SMILES string of the molecule is CCCCCCCCCCOC(=O)OOOC(=O)c1ccc(CC)cc1. The highest BCUT2D eigenvalue weighted by Gasteiger charge is 2.11. The van der Waals surface area contributed by atoms with Crippen LogP contribution in [0.15, 0.2) is 24.3 Å². The van der Waals surface area contributed by atoms with Gasteiger partial charge in [0.05, 0.1) is 17.2 Å². The Bertz CT molecular complexity index is 512. The van der Waals surface area contributed by atoms with E-state index >= 15 is 0 Å². The Morgan fingerprint density at radius 1 is 0.808 bits per heavy atom. The number of carbonyl (C=O) groups is 2. The van der Waals surface area contributed by atoms with Crippen LogP contribution in [0.2, 0.25) is 0 Å². The molecule has 0 saturated carbocycles. The topological polar surface area (TPSA) is 71.1 Å². The predicted molar refractivity (Wildman–Crippen MR) is 97.4 cm³/mol. The van der Waals surface area contributed by atoms with E-state index in [2.05, 4.69) is 21.7 Å². The largest absolute Gasteiger partial charge is 0.543 e. The molecule has 0 bridgehead atoms. The van der Waals surface area contributed by atoms with E-state index in [0.717, 1.165) is 31.2 Å². The fourth-order valence-electron chi connectivity index (χ4n) is 2.42. The standard InChI is InChI=1S/C20H30O6/c1-3-5-6-7-8-9-10-11-16-23-20(22)25-26-24-19(21)18-14-12-17(4-2)13-15-18/h12-15H,3-11,16H2,1-2H3. The van der Waals surface area contributed by atoms with Crippen molar-refractivity contribution in [1.29, 1.82) is 0 Å². The highest BCUT2D eigenvalue weighted by atomic mass is 17.5. The monoisotopic (exact) mass is 366 g/mol. The molecule has 0 spiro atoms. The van der Waals surface area contributed by atoms with Gasteiger partial charge in [-0.25, -0.2) is 14.5 Å². The maximum Gasteiger partial charge on any atom is 0.543 e. The average Bonchev–Trinajstić information content (AvgIpc) is 2.66. The second-order valence-electron chi connectivity index (χ2n) is 6.15. The van der Waals surface area contributed by atoms with Gasteiger partial charge in [-0.1, -0.05) is 70.9 Å². The number of carbonyl (C=O) groups excluding carboxylic acids is 2. The van der Waals surface area contributed by atoms with E-state index in [1.807, 2.05) is 19.1 Å². The van der Waals surface area contributed by atoms with E-state index in [0.29, 0.717) is 5.56 Å². The first-order chi connectivity index (χ1) is 12.7. The van der Waals surface area contributed by atoms with Crippen LogP contribution in [0.5, 0.6) is 0 Å². The van der Waals surface area contributed by atoms with E-state index in [9.17, 15) is 9.59 Å². The van der Waals surface area contributed by atoms with E-state index < -0.39 is 12.1 Å². The molecule has 0 N–H and O–H groups in total. The lowest BCUT2D eigenvalue weighted by atomic mass is 10.1. The Kier molecular flexibility index (Phi) is 11.9. The Morgan fingerprint density at radius 3 is 2.04 bits per heavy atom. The summed E-state index contributed by atoms with van der Waals surface area (Å²) in [5, 5.41) is 4.18. The molecule has 0 heterocycles. The zero-order chi connectivity index (χ0) is 19.0. The Balaban J connectivity index is 2.01. The van der Waals surface area contributed by atoms with Gasteiger partial charge >= 0.3 is 12.1 Å². The van der Waals surface area contributed by atoms with Gasteiger partial charge in [0.1, 0.15) is 0 Å². The van der Waals surface area contributed by atoms with Gasteiger partial charge in [-0.3, -0.25) is 4.89 Å². The summed E-state index contributed by atoms with van der Waals surface area (Å²) >= 11 is 0. The first-order valence-electron chi connectivity index (χ1n) is 9.48. The van der Waals surface area contributed by atoms with Crippen molar-refractivity contribution in [2.24, 2.45) is 0 Å². The summed E-state index contributed by atoms with van der Waals surface area (Å²) in [6.45, 7) is 4.47. The van der Waals surface area contributed by atoms with Gasteiger partial charge in [-0.05, 0) is 30.5 Å². The van der Waals surface area contributed by atoms with Crippen LogP contribution in [0.1, 0.15) is 81.1 Å². The molecule has 0 aliphatic heterocycles. The van der Waals surface area contributed by atoms with Crippen molar-refractivity contribution in [2.45, 2.75) is 71.6 Å². The fraction of sp³-hybridized carbons (Fsp3) is 0.600. The van der Waals surface area contributed by atoms with Crippen molar-refractivity contribution in [1.82, 2.24) is 0 Å². The van der Waals surface area contributed by atoms with Gasteiger partial charge in [0, 0.05) is 0 Å². The molecule has 0 atom stereocenters. The molecule has 26 heavy (non-hydrogen) atoms. The molecule has 6 heteroatoms. The lowest BCUT2D eigenvalue weighted by Gasteiger charge is -2.05. The van der Waals surface area contributed by atoms with Crippen LogP contribution in [0.25, 0.3) is 0 Å². The van der Waals surface area contributed by atoms with Crippen LogP contribution in [-0.4, -0.2) is 18.7 Å². The van der Waals surface area contributed by atoms with Gasteiger partial charge in [0.15, 0.2) is 0 Å². The maximum atomic E-state index is 11.7. The molecule has 0 unspecified atom stereocenters. The van der Waals surface area contributed by atoms with Crippen molar-refractivity contribution in [3.8, 4) is 0 Å². The average molecular weight is 366 g/mol. The summed E-state index contributed by atoms with van der Waals surface area (Å²) in [5.41, 5.74) is 1.40. The van der Waals surface area contributed by atoms with Gasteiger partial charge < -0.3 is 4.74 Å². The smallest absolute Gasteiger partial charge is 0.432 e. The number of benzene rings is 1. The normalized spacial score (nSPS) is 10.4. The number of hydrogen-bond acceptors (Lipinski definition) is 6. The molecule has 0 aliphatic rings. The van der Waals surface area contributed by atoms with Gasteiger partial charge in [0.25, 0.3) is 0 Å². The highest BCUT2D eigenvalue weighted by molar-refractivity contribution is 5.88. The molecule has 0 amide bonds. The molecule has 146 valence electrons. The van der Waals surface area contributed by atoms with E-state index in [4.69, 9.17) is 4.74 Å². The minimum absolute atomic E-state index is 0.254. The highest BCUT2D eigenvalue weighted by Crippen LogP contribution is 2.09. The molecule has 0 aromatic heterocycles. The summed E-state index contributed by atoms with van der Waals surface area (Å²) in [6, 6.07) is 6.86. The third-order valence-corrected chi connectivity index (χ3v) is 4.03. The van der Waals surface area contributed by atoms with Gasteiger partial charge in [0.2, 0.25) is 0 Å². The van der Waals surface area contributed by atoms with Crippen molar-refractivity contribution in [2.75, 3.05) is 6.61 Å². The lowest BCUT2D eigenvalue weighted by Crippen LogP contribution is -2.12. The van der Waals surface area contributed by atoms with Crippen LogP contribution in [0, 0.1) is 0 Å². The van der Waals surface area contributed by atoms with Crippen molar-refractivity contribution in [3.05, 3.63) is 35.4 Å². The van der Waals surface area contributed by atoms with Gasteiger partial charge in [-0.2, -0.15) is 0 Å². The molecule has 0 aliphatic carbocycles. The van der Waals surface area contributed by atoms with Crippen LogP contribution in [-0.2, 0) is 26.0 Å². The zero-order valence-corrected chi connectivity index (χ0v) is 15.8. The Morgan fingerprint density at radius 2 is 1.42 bits per heavy atom. The predicted octanol–water partition coefficient (Wildman–Crippen LogP) is 5.55. The molecule has 1 aromatic carbocycles. The van der Waals surface area contributed by atoms with E-state index in [1.54, 1.807) is 12.1 Å². The molecular formula is C20H30O6. The number of unbranched alkanes of at least 4 members (excludes halogenated alkanes) is 7. The summed E-state index contributed by atoms with van der Waals surface area (Å²) in [6.07, 6.45) is 9.06. The molecular weight excluding hydrogens is 336 g/mol. The van der Waals surface area contributed by atoms with E-state index in [1.165, 1.54) is 32.1 Å². The number of aryl methyl sites for hydroxylation is 1. The summed E-state index contributed by atoms with van der Waals surface area (Å²) in [4.78, 5) is 31.6. The number of rotatable bonds is 13. The van der Waals surface area contributed by atoms with Gasteiger partial charge in [-0.15, -0.1) is 0 Å². The molecule has 1 rings (SSSR count). The second-order valence-corrected chi connectivity index (χ2v) is 6.15. The molecule has 6 nitrogen and oxygen atoms in total.